The zero-order valence-corrected chi connectivity index (χ0v) is 11.7. The fraction of sp³-hybridized carbons (Fsp3) is 0.308. The van der Waals surface area contributed by atoms with Crippen molar-refractivity contribution in [3.63, 3.8) is 0 Å². The molecular formula is C13H15BrN2O. The second kappa shape index (κ2) is 4.63. The van der Waals surface area contributed by atoms with Gasteiger partial charge in [0.1, 0.15) is 0 Å². The molecule has 1 unspecified atom stereocenters. The van der Waals surface area contributed by atoms with Crippen LogP contribution in [0.3, 0.4) is 0 Å². The highest BCUT2D eigenvalue weighted by Crippen LogP contribution is 2.23. The largest absolute Gasteiger partial charge is 0.389 e. The van der Waals surface area contributed by atoms with Gasteiger partial charge < -0.3 is 5.11 Å². The lowest BCUT2D eigenvalue weighted by atomic mass is 10.1. The van der Waals surface area contributed by atoms with Crippen LogP contribution in [0.15, 0.2) is 28.7 Å². The average Bonchev–Trinajstić information content (AvgIpc) is 2.57. The number of aromatic nitrogens is 2. The van der Waals surface area contributed by atoms with Crippen LogP contribution in [0.1, 0.15) is 30.0 Å². The van der Waals surface area contributed by atoms with E-state index in [0.717, 1.165) is 27.1 Å². The minimum Gasteiger partial charge on any atom is -0.389 e. The van der Waals surface area contributed by atoms with Crippen molar-refractivity contribution < 1.29 is 5.11 Å². The summed E-state index contributed by atoms with van der Waals surface area (Å²) in [5.74, 6) is 0. The van der Waals surface area contributed by atoms with Crippen molar-refractivity contribution in [3.05, 3.63) is 45.7 Å². The third-order valence-electron chi connectivity index (χ3n) is 2.82. The molecule has 0 spiro atoms. The molecule has 4 heteroatoms. The lowest BCUT2D eigenvalue weighted by Crippen LogP contribution is -2.00. The number of hydrogen-bond donors (Lipinski definition) is 1. The molecule has 1 heterocycles. The predicted octanol–water partition coefficient (Wildman–Crippen LogP) is 3.30. The van der Waals surface area contributed by atoms with E-state index in [9.17, 15) is 5.11 Å². The molecule has 0 fully saturated rings. The lowest BCUT2D eigenvalue weighted by molar-refractivity contribution is 0.199. The molecule has 0 bridgehead atoms. The molecule has 0 amide bonds. The van der Waals surface area contributed by atoms with Gasteiger partial charge in [-0.05, 0) is 54.4 Å². The van der Waals surface area contributed by atoms with E-state index in [1.165, 1.54) is 0 Å². The summed E-state index contributed by atoms with van der Waals surface area (Å²) in [6.07, 6.45) is -0.434. The molecule has 90 valence electrons. The summed E-state index contributed by atoms with van der Waals surface area (Å²) in [5, 5.41) is 13.9. The summed E-state index contributed by atoms with van der Waals surface area (Å²) in [6.45, 7) is 5.75. The maximum Gasteiger partial charge on any atom is 0.0761 e. The second-order valence-corrected chi connectivity index (χ2v) is 4.96. The number of rotatable bonds is 2. The summed E-state index contributed by atoms with van der Waals surface area (Å²) in [7, 11) is 0. The van der Waals surface area contributed by atoms with Crippen molar-refractivity contribution in [1.82, 2.24) is 9.78 Å². The Kier molecular flexibility index (Phi) is 3.35. The number of halogens is 1. The number of benzene rings is 1. The quantitative estimate of drug-likeness (QED) is 0.923. The predicted molar refractivity (Wildman–Crippen MR) is 71.4 cm³/mol. The van der Waals surface area contributed by atoms with Crippen molar-refractivity contribution in [2.24, 2.45) is 0 Å². The Labute approximate surface area is 109 Å². The van der Waals surface area contributed by atoms with Gasteiger partial charge in [0, 0.05) is 0 Å². The Balaban J connectivity index is 2.43. The standard InChI is InChI=1S/C13H15BrN2O/c1-8-13(14)9(2)16(15-8)12-6-4-11(5-7-12)10(3)17/h4-7,10,17H,1-3H3. The summed E-state index contributed by atoms with van der Waals surface area (Å²) < 4.78 is 2.93. The minimum atomic E-state index is -0.434. The Morgan fingerprint density at radius 2 is 1.82 bits per heavy atom. The lowest BCUT2D eigenvalue weighted by Gasteiger charge is -2.07. The maximum absolute atomic E-state index is 9.46. The molecule has 3 nitrogen and oxygen atoms in total. The molecule has 0 aliphatic carbocycles. The third kappa shape index (κ3) is 2.28. The van der Waals surface area contributed by atoms with E-state index in [1.807, 2.05) is 42.8 Å². The average molecular weight is 295 g/mol. The third-order valence-corrected chi connectivity index (χ3v) is 3.97. The van der Waals surface area contributed by atoms with E-state index < -0.39 is 6.10 Å². The van der Waals surface area contributed by atoms with E-state index in [0.29, 0.717) is 0 Å². The summed E-state index contributed by atoms with van der Waals surface area (Å²) in [4.78, 5) is 0. The number of aliphatic hydroxyl groups is 1. The van der Waals surface area contributed by atoms with Gasteiger partial charge in [-0.1, -0.05) is 12.1 Å². The molecule has 1 aromatic carbocycles. The van der Waals surface area contributed by atoms with E-state index in [1.54, 1.807) is 6.92 Å². The number of hydrogen-bond acceptors (Lipinski definition) is 2. The molecule has 1 atom stereocenters. The fourth-order valence-electron chi connectivity index (χ4n) is 1.77. The number of aryl methyl sites for hydroxylation is 1. The summed E-state index contributed by atoms with van der Waals surface area (Å²) in [5.41, 5.74) is 3.96. The van der Waals surface area contributed by atoms with Crippen LogP contribution >= 0.6 is 15.9 Å². The molecule has 0 saturated heterocycles. The summed E-state index contributed by atoms with van der Waals surface area (Å²) >= 11 is 3.51. The van der Waals surface area contributed by atoms with Crippen LogP contribution in [0.4, 0.5) is 0 Å². The Hall–Kier alpha value is -1.13. The van der Waals surface area contributed by atoms with Gasteiger partial charge in [0.15, 0.2) is 0 Å². The highest BCUT2D eigenvalue weighted by molar-refractivity contribution is 9.10. The van der Waals surface area contributed by atoms with Gasteiger partial charge in [-0.3, -0.25) is 0 Å². The molecule has 17 heavy (non-hydrogen) atoms. The Morgan fingerprint density at radius 3 is 2.24 bits per heavy atom. The van der Waals surface area contributed by atoms with Crippen LogP contribution in [0.5, 0.6) is 0 Å². The van der Waals surface area contributed by atoms with Crippen LogP contribution in [-0.4, -0.2) is 14.9 Å². The first-order chi connectivity index (χ1) is 8.00. The van der Waals surface area contributed by atoms with Gasteiger partial charge in [0.05, 0.1) is 27.7 Å². The molecule has 1 N–H and O–H groups in total. The van der Waals surface area contributed by atoms with Crippen molar-refractivity contribution in [2.75, 3.05) is 0 Å². The molecular weight excluding hydrogens is 280 g/mol. The topological polar surface area (TPSA) is 38.0 Å². The van der Waals surface area contributed by atoms with Gasteiger partial charge in [-0.15, -0.1) is 0 Å². The van der Waals surface area contributed by atoms with Crippen LogP contribution in [-0.2, 0) is 0 Å². The minimum absolute atomic E-state index is 0.434. The van der Waals surface area contributed by atoms with E-state index >= 15 is 0 Å². The monoisotopic (exact) mass is 294 g/mol. The van der Waals surface area contributed by atoms with Gasteiger partial charge in [0.2, 0.25) is 0 Å². The van der Waals surface area contributed by atoms with E-state index in [2.05, 4.69) is 21.0 Å². The molecule has 0 radical (unpaired) electrons. The van der Waals surface area contributed by atoms with Crippen LogP contribution in [0, 0.1) is 13.8 Å². The first-order valence-corrected chi connectivity index (χ1v) is 6.30. The Bertz CT molecular complexity index is 529. The van der Waals surface area contributed by atoms with Gasteiger partial charge >= 0.3 is 0 Å². The molecule has 2 rings (SSSR count). The first kappa shape index (κ1) is 12.3. The number of nitrogens with zero attached hydrogens (tertiary/aromatic N) is 2. The molecule has 1 aromatic heterocycles. The highest BCUT2D eigenvalue weighted by atomic mass is 79.9. The zero-order chi connectivity index (χ0) is 12.6. The highest BCUT2D eigenvalue weighted by Gasteiger charge is 2.10. The van der Waals surface area contributed by atoms with Crippen LogP contribution in [0.2, 0.25) is 0 Å². The normalized spacial score (nSPS) is 12.8. The van der Waals surface area contributed by atoms with Crippen molar-refractivity contribution >= 4 is 15.9 Å². The Morgan fingerprint density at radius 1 is 1.24 bits per heavy atom. The van der Waals surface area contributed by atoms with Gasteiger partial charge in [-0.25, -0.2) is 4.68 Å². The first-order valence-electron chi connectivity index (χ1n) is 5.51. The van der Waals surface area contributed by atoms with Crippen LogP contribution in [0.25, 0.3) is 5.69 Å². The fourth-order valence-corrected chi connectivity index (χ4v) is 2.02. The van der Waals surface area contributed by atoms with Gasteiger partial charge in [0.25, 0.3) is 0 Å². The number of aliphatic hydroxyl groups excluding tert-OH is 1. The van der Waals surface area contributed by atoms with Crippen molar-refractivity contribution in [2.45, 2.75) is 26.9 Å². The van der Waals surface area contributed by atoms with Crippen molar-refractivity contribution in [3.8, 4) is 5.69 Å². The van der Waals surface area contributed by atoms with Crippen LogP contribution < -0.4 is 0 Å². The summed E-state index contributed by atoms with van der Waals surface area (Å²) in [6, 6.07) is 7.77. The smallest absolute Gasteiger partial charge is 0.0761 e. The SMILES string of the molecule is Cc1nn(-c2ccc(C(C)O)cc2)c(C)c1Br. The zero-order valence-electron chi connectivity index (χ0n) is 10.1. The van der Waals surface area contributed by atoms with E-state index in [-0.39, 0.29) is 0 Å². The molecule has 0 aliphatic rings. The van der Waals surface area contributed by atoms with E-state index in [4.69, 9.17) is 0 Å². The van der Waals surface area contributed by atoms with Crippen molar-refractivity contribution in [1.29, 1.82) is 0 Å². The van der Waals surface area contributed by atoms with Gasteiger partial charge in [-0.2, -0.15) is 5.10 Å². The molecule has 0 aliphatic heterocycles. The maximum atomic E-state index is 9.46. The molecule has 2 aromatic rings. The molecule has 0 saturated carbocycles. The second-order valence-electron chi connectivity index (χ2n) is 4.16.